The smallest absolute Gasteiger partial charge is 0.0540 e. The molecular formula is C62H47N. The molecule has 0 heterocycles. The van der Waals surface area contributed by atoms with Gasteiger partial charge in [-0.2, -0.15) is 0 Å². The van der Waals surface area contributed by atoms with Gasteiger partial charge < -0.3 is 4.90 Å². The van der Waals surface area contributed by atoms with Crippen LogP contribution in [0.5, 0.6) is 0 Å². The Morgan fingerprint density at radius 1 is 0.270 bits per heavy atom. The van der Waals surface area contributed by atoms with Crippen LogP contribution in [0.2, 0.25) is 0 Å². The van der Waals surface area contributed by atoms with Crippen molar-refractivity contribution in [1.29, 1.82) is 0 Å². The van der Waals surface area contributed by atoms with Crippen LogP contribution in [0.4, 0.5) is 17.1 Å². The lowest BCUT2D eigenvalue weighted by molar-refractivity contribution is 0.805. The molecule has 10 aromatic rings. The Hall–Kier alpha value is -8.00. The summed E-state index contributed by atoms with van der Waals surface area (Å²) in [6.07, 6.45) is 0.886. The van der Waals surface area contributed by atoms with E-state index in [0.717, 1.165) is 29.0 Å². The normalized spacial score (nSPS) is 11.5. The maximum Gasteiger partial charge on any atom is 0.0540 e. The van der Waals surface area contributed by atoms with Crippen LogP contribution >= 0.6 is 0 Å². The Morgan fingerprint density at radius 3 is 1.25 bits per heavy atom. The fourth-order valence-corrected chi connectivity index (χ4v) is 8.89. The summed E-state index contributed by atoms with van der Waals surface area (Å²) in [6.45, 7) is 0. The van der Waals surface area contributed by atoms with E-state index in [-0.39, 0.29) is 5.92 Å². The molecule has 1 atom stereocenters. The zero-order valence-corrected chi connectivity index (χ0v) is 35.1. The third kappa shape index (κ3) is 8.64. The first kappa shape index (κ1) is 39.2. The first-order valence-corrected chi connectivity index (χ1v) is 21.8. The van der Waals surface area contributed by atoms with Crippen LogP contribution < -0.4 is 4.90 Å². The van der Waals surface area contributed by atoms with Crippen molar-refractivity contribution in [2.45, 2.75) is 12.3 Å². The molecule has 0 saturated carbocycles. The Kier molecular flexibility index (Phi) is 11.4. The van der Waals surface area contributed by atoms with Gasteiger partial charge in [0.1, 0.15) is 0 Å². The molecule has 10 rings (SSSR count). The Bertz CT molecular complexity index is 3020. The van der Waals surface area contributed by atoms with Crippen molar-refractivity contribution in [1.82, 2.24) is 0 Å². The van der Waals surface area contributed by atoms with E-state index in [4.69, 9.17) is 0 Å². The monoisotopic (exact) mass is 805 g/mol. The van der Waals surface area contributed by atoms with Crippen LogP contribution in [0.1, 0.15) is 22.6 Å². The van der Waals surface area contributed by atoms with Crippen molar-refractivity contribution in [3.63, 3.8) is 0 Å². The summed E-state index contributed by atoms with van der Waals surface area (Å²) in [5.74, 6) is 0.210. The second-order valence-electron chi connectivity index (χ2n) is 16.1. The minimum Gasteiger partial charge on any atom is -0.310 e. The number of hydrogen-bond acceptors (Lipinski definition) is 1. The van der Waals surface area contributed by atoms with Crippen LogP contribution in [0, 0.1) is 0 Å². The van der Waals surface area contributed by atoms with Crippen LogP contribution in [-0.4, -0.2) is 0 Å². The number of rotatable bonds is 12. The summed E-state index contributed by atoms with van der Waals surface area (Å²) >= 11 is 0. The van der Waals surface area contributed by atoms with Gasteiger partial charge in [0.15, 0.2) is 0 Å². The molecule has 10 aromatic carbocycles. The summed E-state index contributed by atoms with van der Waals surface area (Å²) in [6, 6.07) is 96.7. The number of anilines is 3. The SMILES string of the molecule is c1ccc(-c2ccc(C(Cc3ccc(-c4ccc(-c5ccccc5N(c5ccccc5)c5ccc(-c6ccccc6)cc5)cc4)c(-c4ccccc4)c3)c3ccccc3)cc2)cc1. The molecule has 0 bridgehead atoms. The molecule has 0 saturated heterocycles. The van der Waals surface area contributed by atoms with Crippen LogP contribution in [0.3, 0.4) is 0 Å². The van der Waals surface area contributed by atoms with Gasteiger partial charge >= 0.3 is 0 Å². The van der Waals surface area contributed by atoms with Gasteiger partial charge in [0.25, 0.3) is 0 Å². The third-order valence-corrected chi connectivity index (χ3v) is 12.1. The van der Waals surface area contributed by atoms with Gasteiger partial charge in [0, 0.05) is 22.9 Å². The fourth-order valence-electron chi connectivity index (χ4n) is 8.89. The summed E-state index contributed by atoms with van der Waals surface area (Å²) < 4.78 is 0. The van der Waals surface area contributed by atoms with Gasteiger partial charge in [-0.05, 0) is 104 Å². The second-order valence-corrected chi connectivity index (χ2v) is 16.1. The lowest BCUT2D eigenvalue weighted by Gasteiger charge is -2.28. The molecule has 0 fully saturated rings. The standard InChI is InChI=1S/C62H47N/c1-6-18-47(19-7-1)49-31-33-55(34-32-49)60(51-22-10-3-11-23-51)44-46-30-43-58(61(45-46)52-24-12-4-13-25-52)53-35-37-54(38-36-53)59-28-16-17-29-62(59)63(56-26-14-5-15-27-56)57-41-39-50(40-42-57)48-20-8-2-9-21-48/h1-43,45,60H,44H2. The minimum absolute atomic E-state index is 0.210. The molecular weight excluding hydrogens is 759 g/mol. The summed E-state index contributed by atoms with van der Waals surface area (Å²) in [5.41, 5.74) is 19.4. The van der Waals surface area contributed by atoms with Crippen molar-refractivity contribution in [2.24, 2.45) is 0 Å². The zero-order chi connectivity index (χ0) is 42.2. The van der Waals surface area contributed by atoms with E-state index < -0.39 is 0 Å². The van der Waals surface area contributed by atoms with Gasteiger partial charge in [-0.15, -0.1) is 0 Å². The van der Waals surface area contributed by atoms with E-state index in [1.54, 1.807) is 0 Å². The van der Waals surface area contributed by atoms with Crippen LogP contribution in [-0.2, 0) is 6.42 Å². The molecule has 1 nitrogen and oxygen atoms in total. The lowest BCUT2D eigenvalue weighted by atomic mass is 9.83. The number of benzene rings is 10. The molecule has 1 heteroatoms. The van der Waals surface area contributed by atoms with Crippen LogP contribution in [0.25, 0.3) is 55.6 Å². The highest BCUT2D eigenvalue weighted by Crippen LogP contribution is 2.42. The Morgan fingerprint density at radius 2 is 0.667 bits per heavy atom. The molecule has 0 aliphatic rings. The number of hydrogen-bond donors (Lipinski definition) is 0. The molecule has 1 unspecified atom stereocenters. The topological polar surface area (TPSA) is 3.24 Å². The van der Waals surface area contributed by atoms with Gasteiger partial charge in [0.2, 0.25) is 0 Å². The van der Waals surface area contributed by atoms with E-state index in [1.807, 2.05) is 0 Å². The Balaban J connectivity index is 0.988. The van der Waals surface area contributed by atoms with E-state index in [9.17, 15) is 0 Å². The molecule has 300 valence electrons. The molecule has 63 heavy (non-hydrogen) atoms. The maximum absolute atomic E-state index is 2.42. The van der Waals surface area contributed by atoms with Crippen LogP contribution in [0.15, 0.2) is 267 Å². The van der Waals surface area contributed by atoms with Crippen molar-refractivity contribution in [3.05, 3.63) is 284 Å². The van der Waals surface area contributed by atoms with Gasteiger partial charge in [-0.25, -0.2) is 0 Å². The molecule has 0 amide bonds. The quantitative estimate of drug-likeness (QED) is 0.119. The molecule has 0 spiro atoms. The molecule has 0 aliphatic carbocycles. The largest absolute Gasteiger partial charge is 0.310 e. The van der Waals surface area contributed by atoms with Crippen molar-refractivity contribution in [3.8, 4) is 55.6 Å². The maximum atomic E-state index is 2.42. The second kappa shape index (κ2) is 18.3. The average molecular weight is 806 g/mol. The van der Waals surface area contributed by atoms with E-state index in [1.165, 1.54) is 66.8 Å². The molecule has 0 radical (unpaired) electrons. The van der Waals surface area contributed by atoms with Gasteiger partial charge in [-0.3, -0.25) is 0 Å². The van der Waals surface area contributed by atoms with E-state index in [0.29, 0.717) is 0 Å². The zero-order valence-electron chi connectivity index (χ0n) is 35.1. The van der Waals surface area contributed by atoms with Crippen molar-refractivity contribution < 1.29 is 0 Å². The highest BCUT2D eigenvalue weighted by atomic mass is 15.1. The van der Waals surface area contributed by atoms with E-state index >= 15 is 0 Å². The van der Waals surface area contributed by atoms with Gasteiger partial charge in [0.05, 0.1) is 5.69 Å². The van der Waals surface area contributed by atoms with Crippen molar-refractivity contribution >= 4 is 17.1 Å². The predicted molar refractivity (Wildman–Crippen MR) is 267 cm³/mol. The molecule has 0 aliphatic heterocycles. The summed E-state index contributed by atoms with van der Waals surface area (Å²) in [4.78, 5) is 2.37. The van der Waals surface area contributed by atoms with Gasteiger partial charge in [-0.1, -0.05) is 237 Å². The number of para-hydroxylation sites is 2. The first-order chi connectivity index (χ1) is 31.2. The molecule has 0 N–H and O–H groups in total. The average Bonchev–Trinajstić information content (AvgIpc) is 3.37. The Labute approximate surface area is 371 Å². The van der Waals surface area contributed by atoms with E-state index in [2.05, 4.69) is 272 Å². The first-order valence-electron chi connectivity index (χ1n) is 21.8. The number of nitrogens with zero attached hydrogens (tertiary/aromatic N) is 1. The summed E-state index contributed by atoms with van der Waals surface area (Å²) in [5, 5.41) is 0. The fraction of sp³-hybridized carbons (Fsp3) is 0.0323. The lowest BCUT2D eigenvalue weighted by Crippen LogP contribution is -2.11. The highest BCUT2D eigenvalue weighted by molar-refractivity contribution is 5.90. The summed E-state index contributed by atoms with van der Waals surface area (Å²) in [7, 11) is 0. The minimum atomic E-state index is 0.210. The third-order valence-electron chi connectivity index (χ3n) is 12.1. The highest BCUT2D eigenvalue weighted by Gasteiger charge is 2.20. The van der Waals surface area contributed by atoms with Crippen molar-refractivity contribution in [2.75, 3.05) is 4.90 Å². The predicted octanol–water partition coefficient (Wildman–Crippen LogP) is 16.9. The molecule has 0 aromatic heterocycles.